The predicted octanol–water partition coefficient (Wildman–Crippen LogP) is 3.45. The molecule has 6 nitrogen and oxygen atoms in total. The molecule has 0 aliphatic heterocycles. The van der Waals surface area contributed by atoms with Gasteiger partial charge in [0.2, 0.25) is 5.88 Å². The Bertz CT molecular complexity index is 685. The summed E-state index contributed by atoms with van der Waals surface area (Å²) in [5, 5.41) is 2.85. The van der Waals surface area contributed by atoms with Crippen molar-refractivity contribution in [3.63, 3.8) is 0 Å². The third-order valence-corrected chi connectivity index (χ3v) is 3.98. The Morgan fingerprint density at radius 2 is 1.81 bits per heavy atom. The molecular formula is C20H27N3O3. The van der Waals surface area contributed by atoms with Crippen LogP contribution < -0.4 is 14.8 Å². The maximum absolute atomic E-state index is 12.4. The van der Waals surface area contributed by atoms with Gasteiger partial charge in [-0.3, -0.25) is 4.79 Å². The van der Waals surface area contributed by atoms with Crippen LogP contribution in [-0.4, -0.2) is 48.6 Å². The average Bonchev–Trinajstić information content (AvgIpc) is 2.67. The highest BCUT2D eigenvalue weighted by Gasteiger charge is 2.13. The van der Waals surface area contributed by atoms with E-state index < -0.39 is 0 Å². The first-order valence-electron chi connectivity index (χ1n) is 9.02. The molecule has 6 heteroatoms. The van der Waals surface area contributed by atoms with Crippen LogP contribution in [0.25, 0.3) is 0 Å². The number of nitrogens with zero attached hydrogens (tertiary/aromatic N) is 2. The number of aromatic nitrogens is 1. The van der Waals surface area contributed by atoms with Crippen LogP contribution in [0.3, 0.4) is 0 Å². The van der Waals surface area contributed by atoms with Crippen molar-refractivity contribution in [3.8, 4) is 11.6 Å². The van der Waals surface area contributed by atoms with E-state index in [2.05, 4.69) is 29.0 Å². The van der Waals surface area contributed by atoms with Crippen LogP contribution in [-0.2, 0) is 0 Å². The Morgan fingerprint density at radius 3 is 2.46 bits per heavy atom. The number of hydrogen-bond donors (Lipinski definition) is 1. The fraction of sp³-hybridized carbons (Fsp3) is 0.400. The number of carbonyl (C=O) groups is 1. The zero-order chi connectivity index (χ0) is 18.8. The average molecular weight is 357 g/mol. The Hall–Kier alpha value is -2.60. The molecule has 1 aromatic carbocycles. The number of pyridine rings is 1. The van der Waals surface area contributed by atoms with Gasteiger partial charge in [0.15, 0.2) is 0 Å². The minimum absolute atomic E-state index is 0.253. The fourth-order valence-electron chi connectivity index (χ4n) is 2.48. The van der Waals surface area contributed by atoms with Crippen molar-refractivity contribution in [2.75, 3.05) is 38.2 Å². The van der Waals surface area contributed by atoms with Gasteiger partial charge in [0, 0.05) is 18.4 Å². The lowest BCUT2D eigenvalue weighted by Crippen LogP contribution is -2.27. The molecule has 0 atom stereocenters. The maximum atomic E-state index is 12.4. The standard InChI is InChI=1S/C20H27N3O3/c1-4-23(5-2)14-15-26-17-11-9-16(10-12-17)22-19(24)18-8-7-13-21-20(18)25-6-3/h7-13H,4-6,14-15H2,1-3H3,(H,22,24). The molecule has 0 saturated heterocycles. The number of amides is 1. The van der Waals surface area contributed by atoms with Gasteiger partial charge in [-0.05, 0) is 56.4 Å². The van der Waals surface area contributed by atoms with E-state index in [4.69, 9.17) is 9.47 Å². The molecule has 0 radical (unpaired) electrons. The van der Waals surface area contributed by atoms with Gasteiger partial charge in [-0.25, -0.2) is 4.98 Å². The zero-order valence-corrected chi connectivity index (χ0v) is 15.7. The first-order chi connectivity index (χ1) is 12.7. The molecule has 0 aliphatic rings. The number of rotatable bonds is 10. The number of nitrogens with one attached hydrogen (secondary N) is 1. The van der Waals surface area contributed by atoms with E-state index in [1.165, 1.54) is 0 Å². The summed E-state index contributed by atoms with van der Waals surface area (Å²) >= 11 is 0. The van der Waals surface area contributed by atoms with Crippen LogP contribution >= 0.6 is 0 Å². The first-order valence-corrected chi connectivity index (χ1v) is 9.02. The van der Waals surface area contributed by atoms with Crippen molar-refractivity contribution in [1.82, 2.24) is 9.88 Å². The van der Waals surface area contributed by atoms with Crippen molar-refractivity contribution in [2.24, 2.45) is 0 Å². The van der Waals surface area contributed by atoms with Crippen LogP contribution in [0, 0.1) is 0 Å². The third kappa shape index (κ3) is 5.74. The molecule has 140 valence electrons. The van der Waals surface area contributed by atoms with Crippen molar-refractivity contribution in [1.29, 1.82) is 0 Å². The van der Waals surface area contributed by atoms with Gasteiger partial charge in [0.1, 0.15) is 17.9 Å². The van der Waals surface area contributed by atoms with Crippen molar-refractivity contribution < 1.29 is 14.3 Å². The molecule has 1 aromatic heterocycles. The second kappa shape index (κ2) is 10.4. The normalized spacial score (nSPS) is 10.6. The lowest BCUT2D eigenvalue weighted by Gasteiger charge is -2.18. The Balaban J connectivity index is 1.91. The summed E-state index contributed by atoms with van der Waals surface area (Å²) in [6.07, 6.45) is 1.60. The van der Waals surface area contributed by atoms with E-state index in [9.17, 15) is 4.79 Å². The lowest BCUT2D eigenvalue weighted by molar-refractivity contribution is 0.102. The zero-order valence-electron chi connectivity index (χ0n) is 15.7. The van der Waals surface area contributed by atoms with E-state index in [1.54, 1.807) is 18.3 Å². The number of hydrogen-bond acceptors (Lipinski definition) is 5. The van der Waals surface area contributed by atoms with E-state index >= 15 is 0 Å². The lowest BCUT2D eigenvalue weighted by atomic mass is 10.2. The summed E-state index contributed by atoms with van der Waals surface area (Å²) in [4.78, 5) is 18.8. The van der Waals surface area contributed by atoms with E-state index in [1.807, 2.05) is 31.2 Å². The SMILES string of the molecule is CCOc1ncccc1C(=O)Nc1ccc(OCCN(CC)CC)cc1. The third-order valence-electron chi connectivity index (χ3n) is 3.98. The molecule has 0 aliphatic carbocycles. The Labute approximate surface area is 155 Å². The molecule has 2 rings (SSSR count). The van der Waals surface area contributed by atoms with Gasteiger partial charge < -0.3 is 19.7 Å². The summed E-state index contributed by atoms with van der Waals surface area (Å²) in [7, 11) is 0. The van der Waals surface area contributed by atoms with E-state index in [-0.39, 0.29) is 5.91 Å². The number of ether oxygens (including phenoxy) is 2. The molecule has 1 amide bonds. The van der Waals surface area contributed by atoms with Crippen molar-refractivity contribution >= 4 is 11.6 Å². The minimum atomic E-state index is -0.253. The second-order valence-corrected chi connectivity index (χ2v) is 5.64. The smallest absolute Gasteiger partial charge is 0.261 e. The highest BCUT2D eigenvalue weighted by atomic mass is 16.5. The molecule has 1 N–H and O–H groups in total. The van der Waals surface area contributed by atoms with Crippen LogP contribution in [0.2, 0.25) is 0 Å². The molecule has 0 unspecified atom stereocenters. The summed E-state index contributed by atoms with van der Waals surface area (Å²) in [6.45, 7) is 10.2. The maximum Gasteiger partial charge on any atom is 0.261 e. The molecule has 26 heavy (non-hydrogen) atoms. The quantitative estimate of drug-likeness (QED) is 0.705. The molecule has 0 bridgehead atoms. The molecular weight excluding hydrogens is 330 g/mol. The van der Waals surface area contributed by atoms with E-state index in [0.29, 0.717) is 30.3 Å². The van der Waals surface area contributed by atoms with Gasteiger partial charge in [0.05, 0.1) is 6.61 Å². The van der Waals surface area contributed by atoms with Crippen molar-refractivity contribution in [2.45, 2.75) is 20.8 Å². The number of likely N-dealkylation sites (N-methyl/N-ethyl adjacent to an activating group) is 1. The van der Waals surface area contributed by atoms with Crippen LogP contribution in [0.1, 0.15) is 31.1 Å². The Morgan fingerprint density at radius 1 is 1.08 bits per heavy atom. The molecule has 1 heterocycles. The van der Waals surface area contributed by atoms with Gasteiger partial charge in [-0.15, -0.1) is 0 Å². The highest BCUT2D eigenvalue weighted by Crippen LogP contribution is 2.19. The largest absolute Gasteiger partial charge is 0.492 e. The highest BCUT2D eigenvalue weighted by molar-refractivity contribution is 6.05. The topological polar surface area (TPSA) is 63.7 Å². The van der Waals surface area contributed by atoms with Crippen LogP contribution in [0.15, 0.2) is 42.6 Å². The predicted molar refractivity (Wildman–Crippen MR) is 103 cm³/mol. The summed E-state index contributed by atoms with van der Waals surface area (Å²) in [6, 6.07) is 10.8. The van der Waals surface area contributed by atoms with Crippen LogP contribution in [0.4, 0.5) is 5.69 Å². The van der Waals surface area contributed by atoms with E-state index in [0.717, 1.165) is 25.4 Å². The summed E-state index contributed by atoms with van der Waals surface area (Å²) in [5.74, 6) is 0.868. The molecule has 0 spiro atoms. The molecule has 0 fully saturated rings. The number of anilines is 1. The molecule has 0 saturated carbocycles. The van der Waals surface area contributed by atoms with Gasteiger partial charge in [0.25, 0.3) is 5.91 Å². The number of benzene rings is 1. The molecule has 2 aromatic rings. The van der Waals surface area contributed by atoms with Crippen LogP contribution in [0.5, 0.6) is 11.6 Å². The second-order valence-electron chi connectivity index (χ2n) is 5.64. The Kier molecular flexibility index (Phi) is 7.89. The minimum Gasteiger partial charge on any atom is -0.492 e. The first kappa shape index (κ1) is 19.7. The van der Waals surface area contributed by atoms with Gasteiger partial charge in [-0.2, -0.15) is 0 Å². The van der Waals surface area contributed by atoms with Gasteiger partial charge >= 0.3 is 0 Å². The van der Waals surface area contributed by atoms with Gasteiger partial charge in [-0.1, -0.05) is 13.8 Å². The summed E-state index contributed by atoms with van der Waals surface area (Å²) in [5.41, 5.74) is 1.10. The fourth-order valence-corrected chi connectivity index (χ4v) is 2.48. The van der Waals surface area contributed by atoms with Crippen molar-refractivity contribution in [3.05, 3.63) is 48.2 Å². The summed E-state index contributed by atoms with van der Waals surface area (Å²) < 4.78 is 11.2. The number of carbonyl (C=O) groups excluding carboxylic acids is 1. The monoisotopic (exact) mass is 357 g/mol.